The van der Waals surface area contributed by atoms with Crippen molar-refractivity contribution in [1.82, 2.24) is 4.90 Å². The van der Waals surface area contributed by atoms with Crippen LogP contribution in [0.3, 0.4) is 0 Å². The molecule has 4 rings (SSSR count). The average molecular weight is 450 g/mol. The number of carbonyl (C=O) groups is 2. The molecule has 3 aromatic carbocycles. The average Bonchev–Trinajstić information content (AvgIpc) is 3.05. The molecule has 0 fully saturated rings. The van der Waals surface area contributed by atoms with E-state index in [0.29, 0.717) is 28.3 Å². The summed E-state index contributed by atoms with van der Waals surface area (Å²) in [6.07, 6.45) is 0. The van der Waals surface area contributed by atoms with Crippen LogP contribution in [0.25, 0.3) is 5.57 Å². The lowest BCUT2D eigenvalue weighted by atomic mass is 10.0. The van der Waals surface area contributed by atoms with Gasteiger partial charge in [0.1, 0.15) is 28.8 Å². The zero-order valence-electron chi connectivity index (χ0n) is 17.9. The Balaban J connectivity index is 1.75. The van der Waals surface area contributed by atoms with Crippen LogP contribution in [0, 0.1) is 11.6 Å². The summed E-state index contributed by atoms with van der Waals surface area (Å²) in [4.78, 5) is 27.7. The lowest BCUT2D eigenvalue weighted by molar-refractivity contribution is -0.137. The molecule has 3 aromatic rings. The van der Waals surface area contributed by atoms with E-state index in [1.165, 1.54) is 62.8 Å². The van der Waals surface area contributed by atoms with E-state index in [2.05, 4.69) is 5.32 Å². The van der Waals surface area contributed by atoms with Crippen LogP contribution in [0.4, 0.5) is 14.5 Å². The quantitative estimate of drug-likeness (QED) is 0.542. The van der Waals surface area contributed by atoms with Gasteiger partial charge in [0.25, 0.3) is 11.8 Å². The van der Waals surface area contributed by atoms with Crippen molar-refractivity contribution in [3.05, 3.63) is 95.2 Å². The Labute approximate surface area is 189 Å². The molecule has 0 aromatic heterocycles. The van der Waals surface area contributed by atoms with E-state index >= 15 is 0 Å². The normalized spacial score (nSPS) is 13.5. The largest absolute Gasteiger partial charge is 0.497 e. The molecular weight excluding hydrogens is 430 g/mol. The maximum absolute atomic E-state index is 13.5. The van der Waals surface area contributed by atoms with Crippen LogP contribution in [0.1, 0.15) is 11.1 Å². The number of anilines is 1. The third-order valence-corrected chi connectivity index (χ3v) is 5.18. The van der Waals surface area contributed by atoms with Gasteiger partial charge in [-0.05, 0) is 35.4 Å². The smallest absolute Gasteiger partial charge is 0.278 e. The van der Waals surface area contributed by atoms with Crippen molar-refractivity contribution in [3.63, 3.8) is 0 Å². The first-order valence-corrected chi connectivity index (χ1v) is 10.0. The summed E-state index contributed by atoms with van der Waals surface area (Å²) in [7, 11) is 2.99. The molecule has 1 aliphatic rings. The first-order chi connectivity index (χ1) is 15.9. The summed E-state index contributed by atoms with van der Waals surface area (Å²) in [6.45, 7) is -0.0464. The molecule has 0 bridgehead atoms. The molecule has 33 heavy (non-hydrogen) atoms. The highest BCUT2D eigenvalue weighted by molar-refractivity contribution is 6.36. The minimum Gasteiger partial charge on any atom is -0.497 e. The van der Waals surface area contributed by atoms with E-state index < -0.39 is 23.4 Å². The van der Waals surface area contributed by atoms with Crippen LogP contribution in [-0.2, 0) is 16.1 Å². The number of amides is 2. The van der Waals surface area contributed by atoms with Gasteiger partial charge in [0.15, 0.2) is 0 Å². The van der Waals surface area contributed by atoms with E-state index in [-0.39, 0.29) is 17.8 Å². The van der Waals surface area contributed by atoms with Gasteiger partial charge < -0.3 is 14.8 Å². The number of hydrogen-bond acceptors (Lipinski definition) is 5. The number of ether oxygens (including phenoxy) is 2. The molecule has 6 nitrogen and oxygen atoms in total. The van der Waals surface area contributed by atoms with Crippen molar-refractivity contribution in [2.24, 2.45) is 0 Å². The number of benzene rings is 3. The van der Waals surface area contributed by atoms with Gasteiger partial charge in [-0.1, -0.05) is 24.3 Å². The molecule has 2 amide bonds. The monoisotopic (exact) mass is 450 g/mol. The first-order valence-electron chi connectivity index (χ1n) is 10.0. The Morgan fingerprint density at radius 1 is 0.788 bits per heavy atom. The van der Waals surface area contributed by atoms with Crippen LogP contribution in [-0.4, -0.2) is 30.9 Å². The maximum Gasteiger partial charge on any atom is 0.278 e. The van der Waals surface area contributed by atoms with Crippen molar-refractivity contribution in [3.8, 4) is 11.5 Å². The predicted octanol–water partition coefficient (Wildman–Crippen LogP) is 4.37. The third-order valence-electron chi connectivity index (χ3n) is 5.18. The standard InChI is InChI=1S/C25H20F2N2O4/c1-32-20-11-19(12-21(13-20)33-2)28-23-22(16-5-9-18(27)10-6-16)24(30)29(25(23)31)14-15-3-7-17(26)8-4-15/h3-13,28H,14H2,1-2H3. The van der Waals surface area contributed by atoms with Gasteiger partial charge in [0.2, 0.25) is 0 Å². The summed E-state index contributed by atoms with van der Waals surface area (Å²) >= 11 is 0. The molecular formula is C25H20F2N2O4. The van der Waals surface area contributed by atoms with Gasteiger partial charge in [-0.3, -0.25) is 14.5 Å². The summed E-state index contributed by atoms with van der Waals surface area (Å²) in [5.74, 6) is -1.02. The van der Waals surface area contributed by atoms with Gasteiger partial charge in [0.05, 0.1) is 26.3 Å². The Morgan fingerprint density at radius 2 is 1.33 bits per heavy atom. The van der Waals surface area contributed by atoms with E-state index in [0.717, 1.165) is 4.90 Å². The molecule has 0 radical (unpaired) electrons. The minimum atomic E-state index is -0.564. The van der Waals surface area contributed by atoms with Crippen molar-refractivity contribution in [2.45, 2.75) is 6.54 Å². The zero-order valence-corrected chi connectivity index (χ0v) is 17.9. The van der Waals surface area contributed by atoms with Crippen molar-refractivity contribution in [2.75, 3.05) is 19.5 Å². The lowest BCUT2D eigenvalue weighted by Crippen LogP contribution is -2.32. The summed E-state index contributed by atoms with van der Waals surface area (Å²) in [5, 5.41) is 3.01. The topological polar surface area (TPSA) is 67.9 Å². The summed E-state index contributed by atoms with van der Waals surface area (Å²) in [5.41, 5.74) is 1.56. The molecule has 1 N–H and O–H groups in total. The van der Waals surface area contributed by atoms with Crippen LogP contribution in [0.5, 0.6) is 11.5 Å². The van der Waals surface area contributed by atoms with E-state index in [1.54, 1.807) is 18.2 Å². The number of imide groups is 1. The molecule has 0 saturated carbocycles. The van der Waals surface area contributed by atoms with Crippen LogP contribution in [0.15, 0.2) is 72.4 Å². The van der Waals surface area contributed by atoms with E-state index in [9.17, 15) is 18.4 Å². The van der Waals surface area contributed by atoms with Crippen LogP contribution < -0.4 is 14.8 Å². The second-order valence-corrected chi connectivity index (χ2v) is 7.31. The molecule has 0 atom stereocenters. The fourth-order valence-electron chi connectivity index (χ4n) is 3.52. The Hall–Kier alpha value is -4.20. The highest BCUT2D eigenvalue weighted by Gasteiger charge is 2.39. The Kier molecular flexibility index (Phi) is 6.08. The number of carbonyl (C=O) groups excluding carboxylic acids is 2. The minimum absolute atomic E-state index is 0.0315. The highest BCUT2D eigenvalue weighted by atomic mass is 19.1. The molecule has 0 saturated heterocycles. The Bertz CT molecular complexity index is 1220. The van der Waals surface area contributed by atoms with Gasteiger partial charge in [-0.15, -0.1) is 0 Å². The van der Waals surface area contributed by atoms with Crippen molar-refractivity contribution < 1.29 is 27.8 Å². The second kappa shape index (κ2) is 9.12. The highest BCUT2D eigenvalue weighted by Crippen LogP contribution is 2.33. The second-order valence-electron chi connectivity index (χ2n) is 7.31. The fourth-order valence-corrected chi connectivity index (χ4v) is 3.52. The molecule has 1 aliphatic heterocycles. The first kappa shape index (κ1) is 22.0. The summed E-state index contributed by atoms with van der Waals surface area (Å²) < 4.78 is 37.3. The van der Waals surface area contributed by atoms with Crippen LogP contribution in [0.2, 0.25) is 0 Å². The summed E-state index contributed by atoms with van der Waals surface area (Å²) in [6, 6.07) is 15.8. The predicted molar refractivity (Wildman–Crippen MR) is 118 cm³/mol. The fraction of sp³-hybridized carbons (Fsp3) is 0.120. The van der Waals surface area contributed by atoms with Crippen molar-refractivity contribution in [1.29, 1.82) is 0 Å². The van der Waals surface area contributed by atoms with E-state index in [4.69, 9.17) is 9.47 Å². The number of hydrogen-bond donors (Lipinski definition) is 1. The number of rotatable bonds is 7. The SMILES string of the molecule is COc1cc(NC2=C(c3ccc(F)cc3)C(=O)N(Cc3ccc(F)cc3)C2=O)cc(OC)c1. The molecule has 8 heteroatoms. The Morgan fingerprint density at radius 3 is 1.88 bits per heavy atom. The molecule has 0 unspecified atom stereocenters. The number of halogens is 2. The molecule has 0 spiro atoms. The number of methoxy groups -OCH3 is 2. The van der Waals surface area contributed by atoms with Gasteiger partial charge in [-0.2, -0.15) is 0 Å². The number of nitrogens with one attached hydrogen (secondary N) is 1. The zero-order chi connectivity index (χ0) is 23.5. The van der Waals surface area contributed by atoms with Gasteiger partial charge >= 0.3 is 0 Å². The lowest BCUT2D eigenvalue weighted by Gasteiger charge is -2.16. The number of nitrogens with zero attached hydrogens (tertiary/aromatic N) is 1. The van der Waals surface area contributed by atoms with Gasteiger partial charge in [-0.25, -0.2) is 8.78 Å². The molecule has 168 valence electrons. The van der Waals surface area contributed by atoms with E-state index in [1.807, 2.05) is 0 Å². The van der Waals surface area contributed by atoms with Crippen molar-refractivity contribution >= 4 is 23.1 Å². The molecule has 1 heterocycles. The molecule has 0 aliphatic carbocycles. The third kappa shape index (κ3) is 4.55. The van der Waals surface area contributed by atoms with Gasteiger partial charge in [0, 0.05) is 23.9 Å². The van der Waals surface area contributed by atoms with Crippen LogP contribution >= 0.6 is 0 Å². The maximum atomic E-state index is 13.5.